The van der Waals surface area contributed by atoms with Crippen LogP contribution in [0.4, 0.5) is 11.6 Å². The molecule has 0 bridgehead atoms. The van der Waals surface area contributed by atoms with Crippen molar-refractivity contribution in [1.82, 2.24) is 18.7 Å². The van der Waals surface area contributed by atoms with Gasteiger partial charge in [-0.3, -0.25) is 13.9 Å². The molecule has 0 radical (unpaired) electrons. The Balaban J connectivity index is 1.72. The fourth-order valence-corrected chi connectivity index (χ4v) is 4.62. The first kappa shape index (κ1) is 21.8. The molecule has 4 aromatic rings. The van der Waals surface area contributed by atoms with E-state index in [0.29, 0.717) is 41.7 Å². The molecule has 0 N–H and O–H groups in total. The molecule has 0 unspecified atom stereocenters. The number of nitrogens with zero attached hydrogens (tertiary/aromatic N) is 5. The summed E-state index contributed by atoms with van der Waals surface area (Å²) < 4.78 is 15.6. The summed E-state index contributed by atoms with van der Waals surface area (Å²) in [7, 11) is 4.88. The van der Waals surface area contributed by atoms with Gasteiger partial charge in [0, 0.05) is 26.2 Å². The van der Waals surface area contributed by atoms with Gasteiger partial charge in [-0.25, -0.2) is 4.79 Å². The molecule has 0 saturated carbocycles. The average molecular weight is 462 g/mol. The number of ether oxygens (including phenoxy) is 2. The van der Waals surface area contributed by atoms with Crippen molar-refractivity contribution in [3.05, 3.63) is 74.9 Å². The molecular weight excluding hydrogens is 434 g/mol. The fraction of sp³-hybridized carbons (Fsp3) is 0.320. The SMILES string of the molecule is COc1ccc(N2C[C@@H](C)Cn3c2nc2c3c(=O)n(Cc3ccccc3)c(=O)n2C)c(OC)c1. The summed E-state index contributed by atoms with van der Waals surface area (Å²) in [6, 6.07) is 15.1. The Hall–Kier alpha value is -4.01. The van der Waals surface area contributed by atoms with E-state index >= 15 is 0 Å². The molecular formula is C25H27N5O4. The largest absolute Gasteiger partial charge is 0.497 e. The first-order chi connectivity index (χ1) is 16.4. The third-order valence-electron chi connectivity index (χ3n) is 6.30. The summed E-state index contributed by atoms with van der Waals surface area (Å²) in [5.41, 5.74) is 1.78. The van der Waals surface area contributed by atoms with E-state index in [4.69, 9.17) is 14.5 Å². The maximum absolute atomic E-state index is 13.6. The minimum absolute atomic E-state index is 0.203. The molecule has 34 heavy (non-hydrogen) atoms. The van der Waals surface area contributed by atoms with Crippen LogP contribution in [-0.4, -0.2) is 39.4 Å². The van der Waals surface area contributed by atoms with Gasteiger partial charge in [0.2, 0.25) is 5.95 Å². The van der Waals surface area contributed by atoms with Gasteiger partial charge in [-0.15, -0.1) is 0 Å². The van der Waals surface area contributed by atoms with Crippen molar-refractivity contribution in [2.45, 2.75) is 20.0 Å². The van der Waals surface area contributed by atoms with Gasteiger partial charge in [-0.1, -0.05) is 37.3 Å². The number of imidazole rings is 1. The van der Waals surface area contributed by atoms with Crippen LogP contribution >= 0.6 is 0 Å². The van der Waals surface area contributed by atoms with Gasteiger partial charge in [0.1, 0.15) is 11.5 Å². The minimum Gasteiger partial charge on any atom is -0.497 e. The van der Waals surface area contributed by atoms with Gasteiger partial charge < -0.3 is 18.9 Å². The molecule has 1 aliphatic heterocycles. The quantitative estimate of drug-likeness (QED) is 0.455. The fourth-order valence-electron chi connectivity index (χ4n) is 4.62. The highest BCUT2D eigenvalue weighted by Crippen LogP contribution is 2.39. The normalized spacial score (nSPS) is 15.4. The Labute approximate surface area is 196 Å². The van der Waals surface area contributed by atoms with Gasteiger partial charge in [-0.05, 0) is 23.6 Å². The van der Waals surface area contributed by atoms with Crippen LogP contribution < -0.4 is 25.6 Å². The first-order valence-electron chi connectivity index (χ1n) is 11.2. The Morgan fingerprint density at radius 3 is 2.50 bits per heavy atom. The number of hydrogen-bond donors (Lipinski definition) is 0. The standard InChI is InChI=1S/C25H27N5O4/c1-16-13-28(19-11-10-18(33-3)12-20(19)34-4)24-26-22-21(29(24)14-16)23(31)30(25(32)27(22)2)15-17-8-6-5-7-9-17/h5-12,16H,13-15H2,1-4H3/t16-/m1/s1. The highest BCUT2D eigenvalue weighted by atomic mass is 16.5. The number of rotatable bonds is 5. The zero-order chi connectivity index (χ0) is 24.0. The maximum atomic E-state index is 13.6. The first-order valence-corrected chi connectivity index (χ1v) is 11.2. The van der Waals surface area contributed by atoms with E-state index in [2.05, 4.69) is 6.92 Å². The van der Waals surface area contributed by atoms with Crippen LogP contribution in [0.1, 0.15) is 12.5 Å². The molecule has 1 atom stereocenters. The zero-order valence-electron chi connectivity index (χ0n) is 19.7. The average Bonchev–Trinajstić information content (AvgIpc) is 3.24. The molecule has 1 aliphatic rings. The van der Waals surface area contributed by atoms with Crippen molar-refractivity contribution >= 4 is 22.8 Å². The lowest BCUT2D eigenvalue weighted by atomic mass is 10.1. The highest BCUT2D eigenvalue weighted by molar-refractivity contribution is 5.78. The second kappa shape index (κ2) is 8.40. The zero-order valence-corrected chi connectivity index (χ0v) is 19.7. The molecule has 3 heterocycles. The lowest BCUT2D eigenvalue weighted by molar-refractivity contribution is 0.392. The molecule has 0 amide bonds. The molecule has 0 spiro atoms. The van der Waals surface area contributed by atoms with E-state index < -0.39 is 5.69 Å². The summed E-state index contributed by atoms with van der Waals surface area (Å²) in [5, 5.41) is 0. The number of aryl methyl sites for hydroxylation is 1. The van der Waals surface area contributed by atoms with Crippen molar-refractivity contribution in [3.8, 4) is 11.5 Å². The number of aromatic nitrogens is 4. The van der Waals surface area contributed by atoms with Crippen LogP contribution in [0.2, 0.25) is 0 Å². The van der Waals surface area contributed by atoms with Gasteiger partial charge >= 0.3 is 5.69 Å². The van der Waals surface area contributed by atoms with E-state index in [1.54, 1.807) is 21.3 Å². The maximum Gasteiger partial charge on any atom is 0.332 e. The second-order valence-corrected chi connectivity index (χ2v) is 8.67. The van der Waals surface area contributed by atoms with Crippen LogP contribution in [0.15, 0.2) is 58.1 Å². The predicted octanol–water partition coefficient (Wildman–Crippen LogP) is 2.75. The second-order valence-electron chi connectivity index (χ2n) is 8.67. The van der Waals surface area contributed by atoms with Crippen LogP contribution in [-0.2, 0) is 20.1 Å². The molecule has 9 heteroatoms. The smallest absolute Gasteiger partial charge is 0.332 e. The van der Waals surface area contributed by atoms with E-state index in [9.17, 15) is 9.59 Å². The van der Waals surface area contributed by atoms with Gasteiger partial charge in [-0.2, -0.15) is 4.98 Å². The Kier molecular flexibility index (Phi) is 5.39. The van der Waals surface area contributed by atoms with Crippen molar-refractivity contribution in [2.75, 3.05) is 25.7 Å². The van der Waals surface area contributed by atoms with Gasteiger partial charge in [0.25, 0.3) is 5.56 Å². The van der Waals surface area contributed by atoms with Crippen LogP contribution in [0.25, 0.3) is 11.2 Å². The van der Waals surface area contributed by atoms with Crippen molar-refractivity contribution in [1.29, 1.82) is 0 Å². The topological polar surface area (TPSA) is 83.5 Å². The minimum atomic E-state index is -0.390. The lowest BCUT2D eigenvalue weighted by Crippen LogP contribution is -2.40. The summed E-state index contributed by atoms with van der Waals surface area (Å²) in [4.78, 5) is 33.6. The summed E-state index contributed by atoms with van der Waals surface area (Å²) in [6.45, 7) is 3.65. The number of hydrogen-bond acceptors (Lipinski definition) is 6. The van der Waals surface area contributed by atoms with E-state index in [0.717, 1.165) is 11.3 Å². The van der Waals surface area contributed by atoms with E-state index in [-0.39, 0.29) is 18.0 Å². The predicted molar refractivity (Wildman–Crippen MR) is 130 cm³/mol. The number of benzene rings is 2. The molecule has 9 nitrogen and oxygen atoms in total. The Morgan fingerprint density at radius 2 is 1.79 bits per heavy atom. The van der Waals surface area contributed by atoms with E-state index in [1.165, 1.54) is 9.13 Å². The van der Waals surface area contributed by atoms with Crippen LogP contribution in [0.5, 0.6) is 11.5 Å². The Bertz CT molecular complexity index is 1490. The van der Waals surface area contributed by atoms with Crippen LogP contribution in [0.3, 0.4) is 0 Å². The van der Waals surface area contributed by atoms with Crippen molar-refractivity contribution < 1.29 is 9.47 Å². The van der Waals surface area contributed by atoms with E-state index in [1.807, 2.05) is 58.0 Å². The summed E-state index contributed by atoms with van der Waals surface area (Å²) in [5.74, 6) is 2.17. The Morgan fingerprint density at radius 1 is 1.03 bits per heavy atom. The molecule has 2 aromatic heterocycles. The third-order valence-corrected chi connectivity index (χ3v) is 6.30. The summed E-state index contributed by atoms with van der Waals surface area (Å²) in [6.07, 6.45) is 0. The van der Waals surface area contributed by atoms with Gasteiger partial charge in [0.05, 0.1) is 26.5 Å². The van der Waals surface area contributed by atoms with Crippen molar-refractivity contribution in [3.63, 3.8) is 0 Å². The third kappa shape index (κ3) is 3.44. The highest BCUT2D eigenvalue weighted by Gasteiger charge is 2.31. The van der Waals surface area contributed by atoms with Crippen molar-refractivity contribution in [2.24, 2.45) is 13.0 Å². The molecule has 176 valence electrons. The number of fused-ring (bicyclic) bond motifs is 3. The molecule has 2 aromatic carbocycles. The number of methoxy groups -OCH3 is 2. The molecule has 5 rings (SSSR count). The molecule has 0 aliphatic carbocycles. The molecule has 0 fully saturated rings. The summed E-state index contributed by atoms with van der Waals surface area (Å²) >= 11 is 0. The molecule has 0 saturated heterocycles. The monoisotopic (exact) mass is 461 g/mol. The number of anilines is 2. The lowest BCUT2D eigenvalue weighted by Gasteiger charge is -2.33. The van der Waals surface area contributed by atoms with Crippen LogP contribution in [0, 0.1) is 5.92 Å². The van der Waals surface area contributed by atoms with Gasteiger partial charge in [0.15, 0.2) is 11.2 Å².